The third-order valence-electron chi connectivity index (χ3n) is 5.06. The van der Waals surface area contributed by atoms with Gasteiger partial charge in [-0.15, -0.1) is 23.1 Å². The molecule has 166 valence electrons. The largest absolute Gasteiger partial charge is 0.465 e. The van der Waals surface area contributed by atoms with E-state index in [0.29, 0.717) is 17.0 Å². The van der Waals surface area contributed by atoms with Crippen LogP contribution in [0.3, 0.4) is 0 Å². The van der Waals surface area contributed by atoms with Gasteiger partial charge in [-0.2, -0.15) is 0 Å². The Morgan fingerprint density at radius 1 is 1.13 bits per heavy atom. The van der Waals surface area contributed by atoms with Crippen LogP contribution >= 0.6 is 23.1 Å². The number of ether oxygens (including phenoxy) is 1. The van der Waals surface area contributed by atoms with Crippen molar-refractivity contribution in [1.29, 1.82) is 0 Å². The first-order valence-corrected chi connectivity index (χ1v) is 12.4. The standard InChI is InChI=1S/C23H28N2O4S2/c1-3-4-12-19(26)24-15-8-7-9-16(13-15)30-14-20(27)25-22-21(23(28)29-2)17-10-5-6-11-18(17)31-22/h7-9,13H,3-6,10-12,14H2,1-2H3,(H,24,26)(H,25,27). The Morgan fingerprint density at radius 2 is 1.94 bits per heavy atom. The molecular formula is C23H28N2O4S2. The third-order valence-corrected chi connectivity index (χ3v) is 7.26. The molecule has 3 rings (SSSR count). The van der Waals surface area contributed by atoms with Gasteiger partial charge in [0.25, 0.3) is 0 Å². The second-order valence-corrected chi connectivity index (χ2v) is 9.58. The summed E-state index contributed by atoms with van der Waals surface area (Å²) < 4.78 is 4.96. The lowest BCUT2D eigenvalue weighted by molar-refractivity contribution is -0.116. The zero-order valence-corrected chi connectivity index (χ0v) is 19.5. The monoisotopic (exact) mass is 460 g/mol. The van der Waals surface area contributed by atoms with E-state index in [1.165, 1.54) is 35.1 Å². The lowest BCUT2D eigenvalue weighted by atomic mass is 9.95. The number of fused-ring (bicyclic) bond motifs is 1. The molecule has 0 fully saturated rings. The molecule has 1 aromatic carbocycles. The lowest BCUT2D eigenvalue weighted by Crippen LogP contribution is -2.16. The van der Waals surface area contributed by atoms with Gasteiger partial charge >= 0.3 is 5.97 Å². The maximum absolute atomic E-state index is 12.6. The van der Waals surface area contributed by atoms with Gasteiger partial charge < -0.3 is 15.4 Å². The van der Waals surface area contributed by atoms with Crippen molar-refractivity contribution in [3.8, 4) is 0 Å². The second-order valence-electron chi connectivity index (χ2n) is 7.42. The smallest absolute Gasteiger partial charge is 0.341 e. The summed E-state index contributed by atoms with van der Waals surface area (Å²) in [5, 5.41) is 6.39. The second kappa shape index (κ2) is 11.3. The van der Waals surface area contributed by atoms with Gasteiger partial charge in [0.15, 0.2) is 0 Å². The molecule has 0 aliphatic heterocycles. The number of thioether (sulfide) groups is 1. The van der Waals surface area contributed by atoms with E-state index in [-0.39, 0.29) is 17.6 Å². The van der Waals surface area contributed by atoms with Crippen LogP contribution in [-0.4, -0.2) is 30.6 Å². The maximum Gasteiger partial charge on any atom is 0.341 e. The SMILES string of the molecule is CCCCC(=O)Nc1cccc(SCC(=O)Nc2sc3c(c2C(=O)OC)CCCC3)c1. The number of aryl methyl sites for hydroxylation is 1. The molecule has 1 aliphatic carbocycles. The number of benzene rings is 1. The number of methoxy groups -OCH3 is 1. The van der Waals surface area contributed by atoms with Crippen LogP contribution in [0.5, 0.6) is 0 Å². The Bertz CT molecular complexity index is 955. The highest BCUT2D eigenvalue weighted by atomic mass is 32.2. The van der Waals surface area contributed by atoms with Crippen molar-refractivity contribution < 1.29 is 19.1 Å². The van der Waals surface area contributed by atoms with Gasteiger partial charge in [0.05, 0.1) is 18.4 Å². The highest BCUT2D eigenvalue weighted by Gasteiger charge is 2.26. The molecule has 0 saturated carbocycles. The molecule has 0 spiro atoms. The molecule has 6 nitrogen and oxygen atoms in total. The molecule has 0 unspecified atom stereocenters. The van der Waals surface area contributed by atoms with Crippen LogP contribution in [0.2, 0.25) is 0 Å². The molecule has 2 aromatic rings. The van der Waals surface area contributed by atoms with Crippen LogP contribution in [0.25, 0.3) is 0 Å². The van der Waals surface area contributed by atoms with Crippen molar-refractivity contribution in [1.82, 2.24) is 0 Å². The average Bonchev–Trinajstić information content (AvgIpc) is 3.13. The molecule has 31 heavy (non-hydrogen) atoms. The van der Waals surface area contributed by atoms with E-state index in [1.807, 2.05) is 24.3 Å². The fraction of sp³-hybridized carbons (Fsp3) is 0.435. The van der Waals surface area contributed by atoms with Crippen LogP contribution in [0.4, 0.5) is 10.7 Å². The van der Waals surface area contributed by atoms with E-state index in [2.05, 4.69) is 17.6 Å². The minimum absolute atomic E-state index is 0.00116. The zero-order valence-electron chi connectivity index (χ0n) is 17.9. The molecule has 2 amide bonds. The Hall–Kier alpha value is -2.32. The molecule has 0 radical (unpaired) electrons. The van der Waals surface area contributed by atoms with Crippen LogP contribution < -0.4 is 10.6 Å². The molecule has 0 atom stereocenters. The van der Waals surface area contributed by atoms with Gasteiger partial charge in [-0.25, -0.2) is 4.79 Å². The number of thiophene rings is 1. The van der Waals surface area contributed by atoms with Gasteiger partial charge in [0.1, 0.15) is 5.00 Å². The normalized spacial score (nSPS) is 12.7. The van der Waals surface area contributed by atoms with Gasteiger partial charge in [0, 0.05) is 21.9 Å². The van der Waals surface area contributed by atoms with E-state index >= 15 is 0 Å². The van der Waals surface area contributed by atoms with Crippen LogP contribution in [0, 0.1) is 0 Å². The number of nitrogens with one attached hydrogen (secondary N) is 2. The summed E-state index contributed by atoms with van der Waals surface area (Å²) in [6.07, 6.45) is 6.26. The van der Waals surface area contributed by atoms with Crippen LogP contribution in [-0.2, 0) is 27.2 Å². The summed E-state index contributed by atoms with van der Waals surface area (Å²) in [6.45, 7) is 2.05. The number of carbonyl (C=O) groups excluding carboxylic acids is 3. The first-order chi connectivity index (χ1) is 15.0. The predicted octanol–water partition coefficient (Wildman–Crippen LogP) is 5.27. The van der Waals surface area contributed by atoms with Crippen molar-refractivity contribution in [2.75, 3.05) is 23.5 Å². The average molecular weight is 461 g/mol. The number of carbonyl (C=O) groups is 3. The Morgan fingerprint density at radius 3 is 2.71 bits per heavy atom. The van der Waals surface area contributed by atoms with Crippen molar-refractivity contribution >= 4 is 51.6 Å². The van der Waals surface area contributed by atoms with Gasteiger partial charge in [-0.3, -0.25) is 9.59 Å². The molecule has 8 heteroatoms. The molecule has 1 aromatic heterocycles. The minimum Gasteiger partial charge on any atom is -0.465 e. The number of unbranched alkanes of at least 4 members (excludes halogenated alkanes) is 1. The summed E-state index contributed by atoms with van der Waals surface area (Å²) in [5.41, 5.74) is 2.26. The number of hydrogen-bond acceptors (Lipinski definition) is 6. The Kier molecular flexibility index (Phi) is 8.54. The van der Waals surface area contributed by atoms with E-state index in [9.17, 15) is 14.4 Å². The number of amides is 2. The Labute approximate surface area is 191 Å². The fourth-order valence-electron chi connectivity index (χ4n) is 3.51. The number of esters is 1. The fourth-order valence-corrected chi connectivity index (χ4v) is 5.56. The van der Waals surface area contributed by atoms with E-state index in [0.717, 1.165) is 54.7 Å². The van der Waals surface area contributed by atoms with E-state index in [1.54, 1.807) is 0 Å². The number of hydrogen-bond donors (Lipinski definition) is 2. The zero-order chi connectivity index (χ0) is 22.2. The van der Waals surface area contributed by atoms with Gasteiger partial charge in [-0.05, 0) is 55.9 Å². The molecule has 2 N–H and O–H groups in total. The summed E-state index contributed by atoms with van der Waals surface area (Å²) >= 11 is 2.87. The third kappa shape index (κ3) is 6.33. The highest BCUT2D eigenvalue weighted by Crippen LogP contribution is 2.38. The van der Waals surface area contributed by atoms with Crippen molar-refractivity contribution in [3.05, 3.63) is 40.3 Å². The highest BCUT2D eigenvalue weighted by molar-refractivity contribution is 8.00. The summed E-state index contributed by atoms with van der Waals surface area (Å²) in [5.74, 6) is -0.366. The summed E-state index contributed by atoms with van der Waals surface area (Å²) in [6, 6.07) is 7.47. The topological polar surface area (TPSA) is 84.5 Å². The molecular weight excluding hydrogens is 432 g/mol. The summed E-state index contributed by atoms with van der Waals surface area (Å²) in [7, 11) is 1.37. The quantitative estimate of drug-likeness (QED) is 0.393. The van der Waals surface area contributed by atoms with Gasteiger partial charge in [-0.1, -0.05) is 19.4 Å². The first kappa shape index (κ1) is 23.3. The number of anilines is 2. The maximum atomic E-state index is 12.6. The first-order valence-electron chi connectivity index (χ1n) is 10.6. The van der Waals surface area contributed by atoms with E-state index < -0.39 is 5.97 Å². The van der Waals surface area contributed by atoms with E-state index in [4.69, 9.17) is 4.74 Å². The van der Waals surface area contributed by atoms with Crippen molar-refractivity contribution in [2.45, 2.75) is 56.8 Å². The molecule has 1 heterocycles. The minimum atomic E-state index is -0.395. The van der Waals surface area contributed by atoms with Crippen LogP contribution in [0.15, 0.2) is 29.2 Å². The van der Waals surface area contributed by atoms with Gasteiger partial charge in [0.2, 0.25) is 11.8 Å². The Balaban J connectivity index is 1.61. The molecule has 1 aliphatic rings. The van der Waals surface area contributed by atoms with Crippen molar-refractivity contribution in [2.24, 2.45) is 0 Å². The molecule has 0 bridgehead atoms. The summed E-state index contributed by atoms with van der Waals surface area (Å²) in [4.78, 5) is 38.9. The lowest BCUT2D eigenvalue weighted by Gasteiger charge is -2.11. The predicted molar refractivity (Wildman–Crippen MR) is 126 cm³/mol. The van der Waals surface area contributed by atoms with Crippen LogP contribution in [0.1, 0.15) is 59.8 Å². The van der Waals surface area contributed by atoms with Crippen molar-refractivity contribution in [3.63, 3.8) is 0 Å². The molecule has 0 saturated heterocycles. The number of rotatable bonds is 9.